The molecule has 0 radical (unpaired) electrons. The van der Waals surface area contributed by atoms with Gasteiger partial charge in [-0.2, -0.15) is 0 Å². The van der Waals surface area contributed by atoms with E-state index < -0.39 is 83.3 Å². The van der Waals surface area contributed by atoms with Crippen LogP contribution in [0.25, 0.3) is 0 Å². The molecule has 0 aromatic heterocycles. The SMILES string of the molecule is C.C.CCCC1CC(C(=O)NC(C(C)Cl)C2OC(SC)C(O)C(O)C2O)N(C)C1.CCCC1CC(C(=O)NC(C(C)O)C2OC(SC)C(O)C(O)C2O)N(C)C1. The maximum Gasteiger partial charge on any atom is 0.237 e. The first-order valence-corrected chi connectivity index (χ1v) is 22.2. The molecular weight excluding hydrogens is 788 g/mol. The van der Waals surface area contributed by atoms with Crippen LogP contribution in [-0.2, 0) is 19.1 Å². The molecule has 0 spiro atoms. The van der Waals surface area contributed by atoms with E-state index in [1.807, 2.05) is 23.9 Å². The number of aliphatic hydroxyl groups is 7. The van der Waals surface area contributed by atoms with E-state index in [4.69, 9.17) is 21.1 Å². The molecule has 0 aromatic rings. The number of likely N-dealkylation sites (tertiary alicyclic amines) is 2. The predicted octanol–water partition coefficient (Wildman–Crippen LogP) is 0.805. The zero-order valence-electron chi connectivity index (χ0n) is 32.9. The van der Waals surface area contributed by atoms with E-state index in [0.717, 1.165) is 51.6 Å². The molecule has 4 rings (SSSR count). The maximum absolute atomic E-state index is 12.9. The summed E-state index contributed by atoms with van der Waals surface area (Å²) in [5.41, 5.74) is -1.46. The van der Waals surface area contributed by atoms with E-state index in [9.17, 15) is 45.3 Å². The number of carbonyl (C=O) groups excluding carboxylic acids is 2. The molecule has 0 aliphatic carbocycles. The molecule has 0 saturated carbocycles. The Morgan fingerprint density at radius 1 is 0.696 bits per heavy atom. The van der Waals surface area contributed by atoms with Gasteiger partial charge in [-0.25, -0.2) is 0 Å². The fraction of sp³-hybridized carbons (Fsp3) is 0.947. The van der Waals surface area contributed by atoms with Crippen molar-refractivity contribution in [2.75, 3.05) is 39.7 Å². The first-order valence-electron chi connectivity index (χ1n) is 19.2. The predicted molar refractivity (Wildman–Crippen MR) is 224 cm³/mol. The van der Waals surface area contributed by atoms with Crippen molar-refractivity contribution >= 4 is 46.9 Å². The van der Waals surface area contributed by atoms with E-state index in [2.05, 4.69) is 24.5 Å². The molecule has 18 unspecified atom stereocenters. The minimum absolute atomic E-state index is 0. The van der Waals surface area contributed by atoms with Gasteiger partial charge in [-0.3, -0.25) is 19.4 Å². The average molecular weight is 864 g/mol. The number of hydrogen-bond acceptors (Lipinski definition) is 15. The number of aliphatic hydroxyl groups excluding tert-OH is 7. The Morgan fingerprint density at radius 2 is 1.05 bits per heavy atom. The Bertz CT molecular complexity index is 1080. The van der Waals surface area contributed by atoms with Crippen LogP contribution in [0.3, 0.4) is 0 Å². The average Bonchev–Trinajstić information content (AvgIpc) is 3.69. The van der Waals surface area contributed by atoms with Gasteiger partial charge in [0.2, 0.25) is 11.8 Å². The largest absolute Gasteiger partial charge is 0.391 e. The number of halogens is 1. The molecule has 4 saturated heterocycles. The lowest BCUT2D eigenvalue weighted by Crippen LogP contribution is -2.65. The van der Waals surface area contributed by atoms with E-state index in [-0.39, 0.29) is 38.8 Å². The number of ether oxygens (including phenoxy) is 2. The standard InChI is InChI=1S/C18H33ClN2O5S.C18H34N2O6S.2CH4/c1-5-6-10-7-11(21(3)8-10)17(25)20-12(9(2)19)16-14(23)13(22)15(24)18(26-16)27-4;1-5-6-10-7-11(20(3)8-10)17(25)19-12(9(2)21)16-14(23)13(22)15(24)18(26-16)27-4;;/h9-16,18,22-24H,5-8H2,1-4H3,(H,20,25);9-16,18,21-24H,5-8H2,1-4H3,(H,19,25);2*1H4. The first kappa shape index (κ1) is 53.5. The number of amides is 2. The summed E-state index contributed by atoms with van der Waals surface area (Å²) in [5, 5.41) is 76.6. The van der Waals surface area contributed by atoms with Gasteiger partial charge in [-0.15, -0.1) is 35.1 Å². The second kappa shape index (κ2) is 24.7. The Morgan fingerprint density at radius 3 is 1.38 bits per heavy atom. The zero-order chi connectivity index (χ0) is 40.6. The van der Waals surface area contributed by atoms with Crippen molar-refractivity contribution in [3.63, 3.8) is 0 Å². The number of nitrogens with zero attached hydrogens (tertiary/aromatic N) is 2. The van der Waals surface area contributed by atoms with Gasteiger partial charge < -0.3 is 55.9 Å². The van der Waals surface area contributed by atoms with Crippen LogP contribution in [0.4, 0.5) is 0 Å². The normalized spacial score (nSPS) is 38.5. The molecular formula is C38H75ClN4O11S2. The maximum atomic E-state index is 12.9. The van der Waals surface area contributed by atoms with Crippen LogP contribution in [0, 0.1) is 11.8 Å². The Hall–Kier alpha value is -0.510. The first-order chi connectivity index (χ1) is 25.4. The molecule has 4 aliphatic heterocycles. The van der Waals surface area contributed by atoms with Crippen molar-refractivity contribution < 1.29 is 54.8 Å². The number of hydrogen-bond donors (Lipinski definition) is 9. The van der Waals surface area contributed by atoms with Crippen molar-refractivity contribution in [1.29, 1.82) is 0 Å². The number of carbonyl (C=O) groups is 2. The molecule has 2 amide bonds. The van der Waals surface area contributed by atoms with Crippen LogP contribution in [0.5, 0.6) is 0 Å². The fourth-order valence-corrected chi connectivity index (χ4v) is 9.81. The van der Waals surface area contributed by atoms with Crippen LogP contribution >= 0.6 is 35.1 Å². The van der Waals surface area contributed by atoms with Crippen molar-refractivity contribution in [2.45, 2.75) is 176 Å². The molecule has 4 aliphatic rings. The van der Waals surface area contributed by atoms with E-state index in [1.165, 1.54) is 30.4 Å². The summed E-state index contributed by atoms with van der Waals surface area (Å²) in [6.45, 7) is 9.22. The highest BCUT2D eigenvalue weighted by molar-refractivity contribution is 7.99. The lowest BCUT2D eigenvalue weighted by Gasteiger charge is -2.44. The third kappa shape index (κ3) is 13.2. The van der Waals surface area contributed by atoms with Gasteiger partial charge in [0.15, 0.2) is 0 Å². The molecule has 4 fully saturated rings. The summed E-state index contributed by atoms with van der Waals surface area (Å²) < 4.78 is 11.5. The molecule has 4 heterocycles. The molecule has 332 valence electrons. The smallest absolute Gasteiger partial charge is 0.237 e. The molecule has 18 heteroatoms. The van der Waals surface area contributed by atoms with E-state index in [0.29, 0.717) is 11.8 Å². The van der Waals surface area contributed by atoms with Crippen LogP contribution < -0.4 is 10.6 Å². The van der Waals surface area contributed by atoms with Gasteiger partial charge >= 0.3 is 0 Å². The summed E-state index contributed by atoms with van der Waals surface area (Å²) in [6, 6.07) is -2.13. The van der Waals surface area contributed by atoms with Gasteiger partial charge in [0.05, 0.1) is 35.6 Å². The van der Waals surface area contributed by atoms with E-state index in [1.54, 1.807) is 19.4 Å². The van der Waals surface area contributed by atoms with Crippen LogP contribution in [0.1, 0.15) is 81.1 Å². The quantitative estimate of drug-likeness (QED) is 0.110. The van der Waals surface area contributed by atoms with Crippen molar-refractivity contribution in [2.24, 2.45) is 11.8 Å². The highest BCUT2D eigenvalue weighted by Gasteiger charge is 2.50. The second-order valence-electron chi connectivity index (χ2n) is 15.5. The van der Waals surface area contributed by atoms with E-state index >= 15 is 0 Å². The molecule has 15 nitrogen and oxygen atoms in total. The number of rotatable bonds is 14. The summed E-state index contributed by atoms with van der Waals surface area (Å²) in [4.78, 5) is 29.8. The number of alkyl halides is 1. The molecule has 0 aromatic carbocycles. The molecule has 56 heavy (non-hydrogen) atoms. The summed E-state index contributed by atoms with van der Waals surface area (Å²) in [5.74, 6) is 0.594. The van der Waals surface area contributed by atoms with Gasteiger partial charge in [-0.1, -0.05) is 41.5 Å². The van der Waals surface area contributed by atoms with Crippen LogP contribution in [0.2, 0.25) is 0 Å². The topological polar surface area (TPSA) is 225 Å². The third-order valence-corrected chi connectivity index (χ3v) is 13.3. The van der Waals surface area contributed by atoms with Gasteiger partial charge in [-0.05, 0) is 78.0 Å². The number of thioether (sulfide) groups is 2. The van der Waals surface area contributed by atoms with Crippen molar-refractivity contribution in [3.8, 4) is 0 Å². The number of nitrogens with one attached hydrogen (secondary N) is 2. The minimum atomic E-state index is -1.42. The fourth-order valence-electron chi connectivity index (χ4n) is 8.25. The third-order valence-electron chi connectivity index (χ3n) is 11.3. The summed E-state index contributed by atoms with van der Waals surface area (Å²) in [6.07, 6.45) is -1.59. The lowest BCUT2D eigenvalue weighted by molar-refractivity contribution is -0.211. The van der Waals surface area contributed by atoms with Crippen LogP contribution in [0.15, 0.2) is 0 Å². The monoisotopic (exact) mass is 862 g/mol. The molecule has 9 N–H and O–H groups in total. The molecule has 18 atom stereocenters. The summed E-state index contributed by atoms with van der Waals surface area (Å²) in [7, 11) is 3.85. The highest BCUT2D eigenvalue weighted by Crippen LogP contribution is 2.33. The highest BCUT2D eigenvalue weighted by atomic mass is 35.5. The molecule has 0 bridgehead atoms. The van der Waals surface area contributed by atoms with Gasteiger partial charge in [0, 0.05) is 13.1 Å². The Labute approximate surface area is 349 Å². The van der Waals surface area contributed by atoms with Crippen molar-refractivity contribution in [3.05, 3.63) is 0 Å². The summed E-state index contributed by atoms with van der Waals surface area (Å²) >= 11 is 8.75. The second-order valence-corrected chi connectivity index (χ2v) is 18.1. The lowest BCUT2D eigenvalue weighted by atomic mass is 9.92. The Kier molecular flexibility index (Phi) is 23.6. The van der Waals surface area contributed by atoms with Crippen molar-refractivity contribution in [1.82, 2.24) is 20.4 Å². The number of likely N-dealkylation sites (N-methyl/N-ethyl adjacent to an activating group) is 2. The van der Waals surface area contributed by atoms with Gasteiger partial charge in [0.1, 0.15) is 59.7 Å². The zero-order valence-corrected chi connectivity index (χ0v) is 35.3. The van der Waals surface area contributed by atoms with Gasteiger partial charge in [0.25, 0.3) is 0 Å². The van der Waals surface area contributed by atoms with Crippen LogP contribution in [-0.4, -0.2) is 192 Å². The minimum Gasteiger partial charge on any atom is -0.391 e. The Balaban J connectivity index is 0.000000541.